The Labute approximate surface area is 203 Å². The van der Waals surface area contributed by atoms with E-state index in [1.165, 1.54) is 31.4 Å². The van der Waals surface area contributed by atoms with Gasteiger partial charge >= 0.3 is 0 Å². The van der Waals surface area contributed by atoms with Crippen LogP contribution in [0, 0.1) is 6.92 Å². The van der Waals surface area contributed by atoms with Crippen LogP contribution in [-0.4, -0.2) is 44.7 Å². The van der Waals surface area contributed by atoms with Crippen LogP contribution in [0.3, 0.4) is 0 Å². The van der Waals surface area contributed by atoms with Gasteiger partial charge in [0.2, 0.25) is 5.91 Å². The van der Waals surface area contributed by atoms with Crippen LogP contribution in [0.4, 0.5) is 5.69 Å². The lowest BCUT2D eigenvalue weighted by Crippen LogP contribution is -2.38. The molecule has 0 saturated heterocycles. The molecule has 0 N–H and O–H groups in total. The zero-order valence-corrected chi connectivity index (χ0v) is 20.1. The van der Waals surface area contributed by atoms with Crippen LogP contribution in [0.5, 0.6) is 5.75 Å². The van der Waals surface area contributed by atoms with Crippen LogP contribution < -0.4 is 9.04 Å². The van der Waals surface area contributed by atoms with Crippen molar-refractivity contribution in [2.45, 2.75) is 24.7 Å². The highest BCUT2D eigenvalue weighted by Crippen LogP contribution is 2.28. The zero-order chi connectivity index (χ0) is 25.2. The first-order valence-corrected chi connectivity index (χ1v) is 12.4. The van der Waals surface area contributed by atoms with Gasteiger partial charge in [0.25, 0.3) is 21.8 Å². The molecule has 0 saturated carbocycles. The predicted molar refractivity (Wildman–Crippen MR) is 130 cm³/mol. The number of rotatable bonds is 8. The van der Waals surface area contributed by atoms with E-state index in [-0.39, 0.29) is 30.0 Å². The number of sulfonamides is 1. The monoisotopic (exact) mass is 492 g/mol. The molecule has 9 heteroatoms. The third-order valence-corrected chi connectivity index (χ3v) is 7.51. The van der Waals surface area contributed by atoms with Gasteiger partial charge in [-0.05, 0) is 61.9 Å². The van der Waals surface area contributed by atoms with Gasteiger partial charge in [0, 0.05) is 13.0 Å². The fraction of sp³-hybridized carbons (Fsp3) is 0.192. The molecule has 0 radical (unpaired) electrons. The number of amides is 3. The fourth-order valence-corrected chi connectivity index (χ4v) is 5.33. The van der Waals surface area contributed by atoms with Gasteiger partial charge in [-0.2, -0.15) is 0 Å². The Hall–Kier alpha value is -3.98. The smallest absolute Gasteiger partial charge is 0.270 e. The lowest BCUT2D eigenvalue weighted by atomic mass is 10.1. The third-order valence-electron chi connectivity index (χ3n) is 5.74. The first kappa shape index (κ1) is 24.2. The number of methoxy groups -OCH3 is 1. The maximum Gasteiger partial charge on any atom is 0.270 e. The number of ether oxygens (including phenoxy) is 1. The van der Waals surface area contributed by atoms with E-state index in [1.54, 1.807) is 48.5 Å². The Balaban J connectivity index is 1.55. The lowest BCUT2D eigenvalue weighted by Gasteiger charge is -2.23. The van der Waals surface area contributed by atoms with Crippen molar-refractivity contribution >= 4 is 33.4 Å². The summed E-state index contributed by atoms with van der Waals surface area (Å²) < 4.78 is 32.8. The summed E-state index contributed by atoms with van der Waals surface area (Å²) in [5.74, 6) is -0.999. The van der Waals surface area contributed by atoms with Gasteiger partial charge < -0.3 is 4.74 Å². The van der Waals surface area contributed by atoms with Gasteiger partial charge in [-0.15, -0.1) is 0 Å². The second-order valence-electron chi connectivity index (χ2n) is 8.09. The van der Waals surface area contributed by atoms with Crippen LogP contribution >= 0.6 is 0 Å². The topological polar surface area (TPSA) is 101 Å². The molecular formula is C26H24N2O6S. The molecular weight excluding hydrogens is 468 g/mol. The molecule has 1 aliphatic heterocycles. The number of hydrogen-bond acceptors (Lipinski definition) is 6. The molecule has 0 unspecified atom stereocenters. The van der Waals surface area contributed by atoms with E-state index in [1.807, 2.05) is 6.92 Å². The summed E-state index contributed by atoms with van der Waals surface area (Å²) in [4.78, 5) is 39.5. The van der Waals surface area contributed by atoms with E-state index in [9.17, 15) is 22.8 Å². The number of anilines is 1. The van der Waals surface area contributed by atoms with Crippen molar-refractivity contribution < 1.29 is 27.5 Å². The summed E-state index contributed by atoms with van der Waals surface area (Å²) in [6.45, 7) is 1.83. The van der Waals surface area contributed by atoms with E-state index < -0.39 is 27.7 Å². The van der Waals surface area contributed by atoms with E-state index in [0.29, 0.717) is 16.9 Å². The number of carbonyl (C=O) groups excluding carboxylic acids is 3. The fourth-order valence-electron chi connectivity index (χ4n) is 3.88. The predicted octanol–water partition coefficient (Wildman–Crippen LogP) is 3.80. The van der Waals surface area contributed by atoms with Crippen molar-refractivity contribution in [2.75, 3.05) is 18.0 Å². The summed E-state index contributed by atoms with van der Waals surface area (Å²) in [7, 11) is -2.72. The van der Waals surface area contributed by atoms with E-state index in [2.05, 4.69) is 0 Å². The Morgan fingerprint density at radius 3 is 2.00 bits per heavy atom. The van der Waals surface area contributed by atoms with Gasteiger partial charge in [0.15, 0.2) is 0 Å². The first-order valence-electron chi connectivity index (χ1n) is 11.0. The van der Waals surface area contributed by atoms with Crippen LogP contribution in [0.2, 0.25) is 0 Å². The van der Waals surface area contributed by atoms with Crippen LogP contribution in [0.15, 0.2) is 77.7 Å². The zero-order valence-electron chi connectivity index (χ0n) is 19.3. The minimum atomic E-state index is -4.21. The molecule has 0 aliphatic carbocycles. The van der Waals surface area contributed by atoms with E-state index in [4.69, 9.17) is 4.74 Å². The van der Waals surface area contributed by atoms with Crippen LogP contribution in [0.1, 0.15) is 39.1 Å². The summed E-state index contributed by atoms with van der Waals surface area (Å²) in [6.07, 6.45) is -0.0785. The molecule has 35 heavy (non-hydrogen) atoms. The molecule has 3 aromatic carbocycles. The second-order valence-corrected chi connectivity index (χ2v) is 9.87. The molecule has 1 heterocycles. The van der Waals surface area contributed by atoms with Gasteiger partial charge in [-0.3, -0.25) is 19.3 Å². The number of hydrogen-bond donors (Lipinski definition) is 0. The number of fused-ring (bicyclic) bond motifs is 1. The van der Waals surface area contributed by atoms with Crippen molar-refractivity contribution in [3.8, 4) is 5.75 Å². The quantitative estimate of drug-likeness (QED) is 0.444. The van der Waals surface area contributed by atoms with Crippen molar-refractivity contribution in [3.63, 3.8) is 0 Å². The summed E-state index contributed by atoms with van der Waals surface area (Å²) in [6, 6.07) is 18.9. The number of imide groups is 1. The molecule has 4 rings (SSSR count). The molecule has 8 nitrogen and oxygen atoms in total. The van der Waals surface area contributed by atoms with Crippen molar-refractivity contribution in [1.82, 2.24) is 4.90 Å². The normalized spacial score (nSPS) is 13.0. The maximum absolute atomic E-state index is 13.5. The van der Waals surface area contributed by atoms with E-state index in [0.717, 1.165) is 14.8 Å². The SMILES string of the molecule is COc1ccc(N(C(=O)CCCN2C(=O)c3ccccc3C2=O)S(=O)(=O)c2ccc(C)cc2)cc1. The molecule has 1 aliphatic rings. The third kappa shape index (κ3) is 4.67. The minimum Gasteiger partial charge on any atom is -0.497 e. The number of aryl methyl sites for hydroxylation is 1. The number of benzene rings is 3. The second kappa shape index (κ2) is 9.71. The standard InChI is InChI=1S/C26H24N2O6S/c1-18-9-15-21(16-10-18)35(32,33)28(19-11-13-20(34-2)14-12-19)24(29)8-5-17-27-25(30)22-6-3-4-7-23(22)26(27)31/h3-4,6-7,9-16H,5,8,17H2,1-2H3. The molecule has 3 aromatic rings. The molecule has 0 atom stereocenters. The molecule has 0 fully saturated rings. The van der Waals surface area contributed by atoms with Crippen molar-refractivity contribution in [2.24, 2.45) is 0 Å². The van der Waals surface area contributed by atoms with E-state index >= 15 is 0 Å². The number of carbonyl (C=O) groups is 3. The maximum atomic E-state index is 13.5. The lowest BCUT2D eigenvalue weighted by molar-refractivity contribution is -0.117. The summed E-state index contributed by atoms with van der Waals surface area (Å²) in [5, 5.41) is 0. The van der Waals surface area contributed by atoms with Gasteiger partial charge in [-0.25, -0.2) is 12.7 Å². The average molecular weight is 493 g/mol. The highest BCUT2D eigenvalue weighted by atomic mass is 32.2. The molecule has 0 spiro atoms. The van der Waals surface area contributed by atoms with Crippen molar-refractivity contribution in [3.05, 3.63) is 89.5 Å². The Bertz CT molecular complexity index is 1350. The van der Waals surface area contributed by atoms with Crippen LogP contribution in [-0.2, 0) is 14.8 Å². The Morgan fingerprint density at radius 2 is 1.46 bits per heavy atom. The largest absolute Gasteiger partial charge is 0.497 e. The Morgan fingerprint density at radius 1 is 0.886 bits per heavy atom. The summed E-state index contributed by atoms with van der Waals surface area (Å²) >= 11 is 0. The average Bonchev–Trinajstić information content (AvgIpc) is 3.10. The first-order chi connectivity index (χ1) is 16.7. The van der Waals surface area contributed by atoms with Gasteiger partial charge in [0.1, 0.15) is 5.75 Å². The molecule has 180 valence electrons. The summed E-state index contributed by atoms with van der Waals surface area (Å²) in [5.41, 5.74) is 1.69. The van der Waals surface area contributed by atoms with Gasteiger partial charge in [0.05, 0.1) is 28.8 Å². The highest BCUT2D eigenvalue weighted by molar-refractivity contribution is 7.93. The Kier molecular flexibility index (Phi) is 6.70. The highest BCUT2D eigenvalue weighted by Gasteiger charge is 2.35. The molecule has 0 bridgehead atoms. The van der Waals surface area contributed by atoms with Crippen molar-refractivity contribution in [1.29, 1.82) is 0 Å². The number of nitrogens with zero attached hydrogens (tertiary/aromatic N) is 2. The van der Waals surface area contributed by atoms with Crippen LogP contribution in [0.25, 0.3) is 0 Å². The molecule has 0 aromatic heterocycles. The molecule has 3 amide bonds. The minimum absolute atomic E-state index is 0.000874. The van der Waals surface area contributed by atoms with Gasteiger partial charge in [-0.1, -0.05) is 29.8 Å².